The predicted molar refractivity (Wildman–Crippen MR) is 110 cm³/mol. The minimum atomic E-state index is -0.524. The Morgan fingerprint density at radius 2 is 1.79 bits per heavy atom. The summed E-state index contributed by atoms with van der Waals surface area (Å²) < 4.78 is 6.24. The molecule has 1 amide bonds. The average molecular weight is 399 g/mol. The van der Waals surface area contributed by atoms with Crippen molar-refractivity contribution in [1.82, 2.24) is 4.90 Å². The number of carbonyl (C=O) groups is 2. The van der Waals surface area contributed by atoms with E-state index < -0.39 is 5.60 Å². The molecule has 1 spiro atoms. The number of carbonyl (C=O) groups excluding carboxylic acids is 2. The van der Waals surface area contributed by atoms with Crippen LogP contribution in [-0.4, -0.2) is 49.4 Å². The molecule has 2 aromatic rings. The summed E-state index contributed by atoms with van der Waals surface area (Å²) in [7, 11) is 3.94. The first kappa shape index (κ1) is 18.8. The molecule has 0 radical (unpaired) electrons. The van der Waals surface area contributed by atoms with Gasteiger partial charge in [0.15, 0.2) is 5.78 Å². The molecule has 0 atom stereocenters. The van der Waals surface area contributed by atoms with E-state index >= 15 is 0 Å². The number of hydrogen-bond acceptors (Lipinski definition) is 4. The van der Waals surface area contributed by atoms with Gasteiger partial charge in [-0.15, -0.1) is 0 Å². The second-order valence-corrected chi connectivity index (χ2v) is 8.20. The van der Waals surface area contributed by atoms with Crippen LogP contribution >= 0.6 is 11.6 Å². The van der Waals surface area contributed by atoms with Crippen LogP contribution in [0.15, 0.2) is 42.5 Å². The number of halogens is 1. The maximum Gasteiger partial charge on any atom is 0.253 e. The van der Waals surface area contributed by atoms with Crippen LogP contribution in [0.2, 0.25) is 5.02 Å². The first-order valence-electron chi connectivity index (χ1n) is 9.45. The van der Waals surface area contributed by atoms with E-state index in [4.69, 9.17) is 16.3 Å². The van der Waals surface area contributed by atoms with Crippen molar-refractivity contribution in [1.29, 1.82) is 0 Å². The largest absolute Gasteiger partial charge is 0.486 e. The Morgan fingerprint density at radius 3 is 2.43 bits per heavy atom. The van der Waals surface area contributed by atoms with Crippen LogP contribution < -0.4 is 9.64 Å². The van der Waals surface area contributed by atoms with Crippen molar-refractivity contribution >= 4 is 29.0 Å². The third kappa shape index (κ3) is 3.47. The van der Waals surface area contributed by atoms with Crippen molar-refractivity contribution in [2.45, 2.75) is 24.9 Å². The van der Waals surface area contributed by atoms with E-state index in [2.05, 4.69) is 0 Å². The highest BCUT2D eigenvalue weighted by Crippen LogP contribution is 2.40. The number of Topliss-reactive ketones (excluding diaryl/α,β-unsaturated/α-hetero) is 1. The molecule has 28 heavy (non-hydrogen) atoms. The van der Waals surface area contributed by atoms with Crippen LogP contribution in [-0.2, 0) is 0 Å². The van der Waals surface area contributed by atoms with Crippen LogP contribution in [0.4, 0.5) is 5.69 Å². The topological polar surface area (TPSA) is 49.9 Å². The van der Waals surface area contributed by atoms with Crippen LogP contribution in [0, 0.1) is 0 Å². The number of likely N-dealkylation sites (tertiary alicyclic amines) is 1. The van der Waals surface area contributed by atoms with E-state index in [1.54, 1.807) is 18.2 Å². The molecule has 4 rings (SSSR count). The van der Waals surface area contributed by atoms with Gasteiger partial charge in [-0.25, -0.2) is 0 Å². The summed E-state index contributed by atoms with van der Waals surface area (Å²) in [6, 6.07) is 12.8. The maximum atomic E-state index is 12.8. The summed E-state index contributed by atoms with van der Waals surface area (Å²) >= 11 is 6.00. The van der Waals surface area contributed by atoms with Gasteiger partial charge in [0.05, 0.1) is 12.0 Å². The lowest BCUT2D eigenvalue weighted by molar-refractivity contribution is -0.00570. The Morgan fingerprint density at radius 1 is 1.11 bits per heavy atom. The van der Waals surface area contributed by atoms with E-state index in [0.717, 1.165) is 5.69 Å². The number of nitrogens with zero attached hydrogens (tertiary/aromatic N) is 2. The lowest BCUT2D eigenvalue weighted by atomic mass is 9.82. The molecule has 0 N–H and O–H groups in total. The van der Waals surface area contributed by atoms with Crippen LogP contribution in [0.5, 0.6) is 5.75 Å². The SMILES string of the molecule is CN(C)c1ccc(C(=O)N2CCC3(CC2)CC(=O)c2cc(Cl)ccc2O3)cc1. The number of fused-ring (bicyclic) bond motifs is 1. The molecule has 0 aliphatic carbocycles. The third-order valence-corrected chi connectivity index (χ3v) is 5.88. The predicted octanol–water partition coefficient (Wildman–Crippen LogP) is 4.05. The number of amides is 1. The highest BCUT2D eigenvalue weighted by Gasteiger charge is 2.43. The number of anilines is 1. The van der Waals surface area contributed by atoms with Gasteiger partial charge in [0.2, 0.25) is 0 Å². The smallest absolute Gasteiger partial charge is 0.253 e. The fourth-order valence-corrected chi connectivity index (χ4v) is 4.12. The van der Waals surface area contributed by atoms with Gasteiger partial charge in [-0.2, -0.15) is 0 Å². The van der Waals surface area contributed by atoms with Gasteiger partial charge in [0.25, 0.3) is 5.91 Å². The second kappa shape index (κ2) is 7.13. The Bertz CT molecular complexity index is 916. The van der Waals surface area contributed by atoms with Gasteiger partial charge in [-0.05, 0) is 42.5 Å². The summed E-state index contributed by atoms with van der Waals surface area (Å²) in [5.41, 5.74) is 1.77. The molecule has 5 nitrogen and oxygen atoms in total. The Balaban J connectivity index is 1.45. The number of rotatable bonds is 2. The number of ether oxygens (including phenoxy) is 1. The first-order chi connectivity index (χ1) is 13.4. The third-order valence-electron chi connectivity index (χ3n) is 5.64. The number of piperidine rings is 1. The van der Waals surface area contributed by atoms with Gasteiger partial charge < -0.3 is 14.5 Å². The molecule has 0 saturated carbocycles. The van der Waals surface area contributed by atoms with Gasteiger partial charge in [-0.1, -0.05) is 11.6 Å². The maximum absolute atomic E-state index is 12.8. The van der Waals surface area contributed by atoms with Gasteiger partial charge >= 0.3 is 0 Å². The molecule has 146 valence electrons. The van der Waals surface area contributed by atoms with Gasteiger partial charge in [0.1, 0.15) is 11.4 Å². The molecule has 2 aromatic carbocycles. The minimum Gasteiger partial charge on any atom is -0.486 e. The van der Waals surface area contributed by atoms with E-state index in [1.165, 1.54) is 0 Å². The minimum absolute atomic E-state index is 0.0227. The molecule has 1 saturated heterocycles. The monoisotopic (exact) mass is 398 g/mol. The molecule has 2 aliphatic heterocycles. The van der Waals surface area contributed by atoms with Crippen molar-refractivity contribution < 1.29 is 14.3 Å². The molecular weight excluding hydrogens is 376 g/mol. The lowest BCUT2D eigenvalue weighted by Crippen LogP contribution is -2.52. The summed E-state index contributed by atoms with van der Waals surface area (Å²) in [6.45, 7) is 1.15. The molecule has 6 heteroatoms. The zero-order valence-corrected chi connectivity index (χ0v) is 16.8. The molecule has 0 unspecified atom stereocenters. The Hall–Kier alpha value is -2.53. The highest BCUT2D eigenvalue weighted by molar-refractivity contribution is 6.31. The number of hydrogen-bond donors (Lipinski definition) is 0. The number of ketones is 1. The molecular formula is C22H23ClN2O3. The van der Waals surface area contributed by atoms with Crippen LogP contribution in [0.1, 0.15) is 40.0 Å². The van der Waals surface area contributed by atoms with Gasteiger partial charge in [-0.3, -0.25) is 9.59 Å². The summed E-state index contributed by atoms with van der Waals surface area (Å²) in [6.07, 6.45) is 1.62. The van der Waals surface area contributed by atoms with E-state index in [1.807, 2.05) is 48.2 Å². The second-order valence-electron chi connectivity index (χ2n) is 7.76. The lowest BCUT2D eigenvalue weighted by Gasteiger charge is -2.44. The van der Waals surface area contributed by atoms with Crippen molar-refractivity contribution in [3.63, 3.8) is 0 Å². The zero-order valence-electron chi connectivity index (χ0n) is 16.1. The fraction of sp³-hybridized carbons (Fsp3) is 0.364. The Labute approximate surface area is 169 Å². The molecule has 2 aliphatic rings. The van der Waals surface area contributed by atoms with Crippen LogP contribution in [0.3, 0.4) is 0 Å². The fourth-order valence-electron chi connectivity index (χ4n) is 3.95. The quantitative estimate of drug-likeness (QED) is 0.765. The molecule has 2 heterocycles. The zero-order chi connectivity index (χ0) is 19.9. The summed E-state index contributed by atoms with van der Waals surface area (Å²) in [4.78, 5) is 29.3. The Kier molecular flexibility index (Phi) is 4.79. The van der Waals surface area contributed by atoms with E-state index in [9.17, 15) is 9.59 Å². The normalized spacial score (nSPS) is 17.8. The average Bonchev–Trinajstić information content (AvgIpc) is 2.69. The first-order valence-corrected chi connectivity index (χ1v) is 9.83. The molecule has 0 aromatic heterocycles. The van der Waals surface area contributed by atoms with Crippen LogP contribution in [0.25, 0.3) is 0 Å². The van der Waals surface area contributed by atoms with Gasteiger partial charge in [0, 0.05) is 56.3 Å². The van der Waals surface area contributed by atoms with Crippen molar-refractivity contribution in [3.05, 3.63) is 58.6 Å². The van der Waals surface area contributed by atoms with E-state index in [-0.39, 0.29) is 11.7 Å². The summed E-state index contributed by atoms with van der Waals surface area (Å²) in [5, 5.41) is 0.535. The summed E-state index contributed by atoms with van der Waals surface area (Å²) in [5.74, 6) is 0.678. The van der Waals surface area contributed by atoms with E-state index in [0.29, 0.717) is 54.3 Å². The molecule has 0 bridgehead atoms. The number of benzene rings is 2. The van der Waals surface area contributed by atoms with Crippen molar-refractivity contribution in [2.24, 2.45) is 0 Å². The van der Waals surface area contributed by atoms with Crippen molar-refractivity contribution in [2.75, 3.05) is 32.1 Å². The standard InChI is InChI=1S/C22H23ClN2O3/c1-24(2)17-6-3-15(4-7-17)21(27)25-11-9-22(10-12-25)14-19(26)18-13-16(23)5-8-20(18)28-22/h3-8,13H,9-12,14H2,1-2H3. The molecule has 1 fully saturated rings. The van der Waals surface area contributed by atoms with Crippen molar-refractivity contribution in [3.8, 4) is 5.75 Å². The highest BCUT2D eigenvalue weighted by atomic mass is 35.5.